The number of nitrogens with zero attached hydrogens (tertiary/aromatic N) is 1. The summed E-state index contributed by atoms with van der Waals surface area (Å²) < 4.78 is 15.6. The Labute approximate surface area is 122 Å². The van der Waals surface area contributed by atoms with Gasteiger partial charge < -0.3 is 9.67 Å². The Morgan fingerprint density at radius 2 is 2.10 bits per heavy atom. The van der Waals surface area contributed by atoms with E-state index in [-0.39, 0.29) is 24.5 Å². The summed E-state index contributed by atoms with van der Waals surface area (Å²) >= 11 is 0. The first-order valence-corrected chi connectivity index (χ1v) is 6.66. The van der Waals surface area contributed by atoms with E-state index in [0.29, 0.717) is 17.5 Å². The standard InChI is InChI=1S/C17H16FNO2/c1-13-5-4-7-17(21)19(13)12-15-9-8-14(11-16(15)18)6-2-3-10-20/h4-5,7-9,11,20H,3,10,12H2,1H3. The first-order chi connectivity index (χ1) is 10.1. The SMILES string of the molecule is Cc1cccc(=O)n1Cc1ccc(C#CCCO)cc1F. The highest BCUT2D eigenvalue weighted by Gasteiger charge is 2.06. The van der Waals surface area contributed by atoms with Crippen LogP contribution in [-0.2, 0) is 6.54 Å². The molecule has 0 aliphatic heterocycles. The van der Waals surface area contributed by atoms with E-state index < -0.39 is 0 Å². The van der Waals surface area contributed by atoms with Gasteiger partial charge in [0.05, 0.1) is 13.2 Å². The molecule has 21 heavy (non-hydrogen) atoms. The van der Waals surface area contributed by atoms with E-state index in [1.807, 2.05) is 13.0 Å². The molecule has 0 unspecified atom stereocenters. The van der Waals surface area contributed by atoms with Gasteiger partial charge in [-0.15, -0.1) is 0 Å². The number of benzene rings is 1. The van der Waals surface area contributed by atoms with E-state index in [1.54, 1.807) is 18.2 Å². The van der Waals surface area contributed by atoms with Crippen LogP contribution in [0.2, 0.25) is 0 Å². The second-order valence-electron chi connectivity index (χ2n) is 4.67. The monoisotopic (exact) mass is 285 g/mol. The van der Waals surface area contributed by atoms with Crippen molar-refractivity contribution in [2.75, 3.05) is 6.61 Å². The van der Waals surface area contributed by atoms with E-state index in [1.165, 1.54) is 16.7 Å². The van der Waals surface area contributed by atoms with Crippen LogP contribution in [-0.4, -0.2) is 16.3 Å². The molecule has 1 heterocycles. The van der Waals surface area contributed by atoms with Crippen molar-refractivity contribution in [1.29, 1.82) is 0 Å². The van der Waals surface area contributed by atoms with E-state index in [2.05, 4.69) is 11.8 Å². The molecule has 0 amide bonds. The molecule has 0 saturated heterocycles. The summed E-state index contributed by atoms with van der Waals surface area (Å²) in [6.45, 7) is 2.00. The number of pyridine rings is 1. The topological polar surface area (TPSA) is 42.2 Å². The van der Waals surface area contributed by atoms with Gasteiger partial charge in [-0.05, 0) is 25.1 Å². The Morgan fingerprint density at radius 1 is 1.29 bits per heavy atom. The maximum absolute atomic E-state index is 14.1. The predicted molar refractivity (Wildman–Crippen MR) is 79.5 cm³/mol. The molecule has 0 saturated carbocycles. The van der Waals surface area contributed by atoms with Crippen molar-refractivity contribution in [3.8, 4) is 11.8 Å². The highest BCUT2D eigenvalue weighted by atomic mass is 19.1. The van der Waals surface area contributed by atoms with Crippen molar-refractivity contribution in [2.45, 2.75) is 19.9 Å². The zero-order chi connectivity index (χ0) is 15.2. The summed E-state index contributed by atoms with van der Waals surface area (Å²) in [6.07, 6.45) is 0.363. The number of aliphatic hydroxyl groups excluding tert-OH is 1. The van der Waals surface area contributed by atoms with Gasteiger partial charge in [-0.25, -0.2) is 4.39 Å². The minimum Gasteiger partial charge on any atom is -0.395 e. The minimum atomic E-state index is -0.388. The number of halogens is 1. The van der Waals surface area contributed by atoms with Crippen molar-refractivity contribution in [1.82, 2.24) is 4.57 Å². The van der Waals surface area contributed by atoms with Gasteiger partial charge in [0.2, 0.25) is 0 Å². The van der Waals surface area contributed by atoms with Crippen molar-refractivity contribution < 1.29 is 9.50 Å². The van der Waals surface area contributed by atoms with Crippen LogP contribution < -0.4 is 5.56 Å². The molecule has 0 radical (unpaired) electrons. The summed E-state index contributed by atoms with van der Waals surface area (Å²) in [6, 6.07) is 9.66. The molecule has 108 valence electrons. The average molecular weight is 285 g/mol. The van der Waals surface area contributed by atoms with Gasteiger partial charge >= 0.3 is 0 Å². The van der Waals surface area contributed by atoms with Crippen LogP contribution in [0.4, 0.5) is 4.39 Å². The molecule has 4 heteroatoms. The third-order valence-corrected chi connectivity index (χ3v) is 3.12. The van der Waals surface area contributed by atoms with Crippen LogP contribution in [0.1, 0.15) is 23.2 Å². The average Bonchev–Trinajstić information content (AvgIpc) is 2.45. The normalized spacial score (nSPS) is 10.0. The quantitative estimate of drug-likeness (QED) is 0.877. The Balaban J connectivity index is 2.27. The van der Waals surface area contributed by atoms with Crippen LogP contribution in [0.15, 0.2) is 41.2 Å². The summed E-state index contributed by atoms with van der Waals surface area (Å²) in [5.74, 6) is 5.14. The van der Waals surface area contributed by atoms with Crippen LogP contribution in [0.3, 0.4) is 0 Å². The van der Waals surface area contributed by atoms with Crippen molar-refractivity contribution in [3.05, 3.63) is 69.4 Å². The second-order valence-corrected chi connectivity index (χ2v) is 4.67. The molecule has 0 bridgehead atoms. The van der Waals surface area contributed by atoms with Gasteiger partial charge in [-0.3, -0.25) is 4.79 Å². The maximum Gasteiger partial charge on any atom is 0.251 e. The van der Waals surface area contributed by atoms with E-state index in [4.69, 9.17) is 5.11 Å². The molecule has 0 aliphatic rings. The summed E-state index contributed by atoms with van der Waals surface area (Å²) in [5.41, 5.74) is 1.64. The van der Waals surface area contributed by atoms with Gasteiger partial charge in [0.15, 0.2) is 0 Å². The largest absolute Gasteiger partial charge is 0.395 e. The maximum atomic E-state index is 14.1. The summed E-state index contributed by atoms with van der Waals surface area (Å²) in [4.78, 5) is 11.8. The van der Waals surface area contributed by atoms with Crippen molar-refractivity contribution in [3.63, 3.8) is 0 Å². The molecular weight excluding hydrogens is 269 g/mol. The number of aliphatic hydroxyl groups is 1. The lowest BCUT2D eigenvalue weighted by atomic mass is 10.1. The Kier molecular flexibility index (Phi) is 4.91. The summed E-state index contributed by atoms with van der Waals surface area (Å²) in [7, 11) is 0. The van der Waals surface area contributed by atoms with E-state index >= 15 is 0 Å². The molecule has 3 nitrogen and oxygen atoms in total. The highest BCUT2D eigenvalue weighted by Crippen LogP contribution is 2.12. The predicted octanol–water partition coefficient (Wildman–Crippen LogP) is 2.08. The molecule has 0 spiro atoms. The fraction of sp³-hybridized carbons (Fsp3) is 0.235. The Bertz CT molecular complexity index is 753. The molecule has 1 aromatic carbocycles. The van der Waals surface area contributed by atoms with Crippen LogP contribution in [0.5, 0.6) is 0 Å². The zero-order valence-corrected chi connectivity index (χ0v) is 11.8. The Morgan fingerprint density at radius 3 is 2.76 bits per heavy atom. The van der Waals surface area contributed by atoms with Crippen molar-refractivity contribution >= 4 is 0 Å². The lowest BCUT2D eigenvalue weighted by Crippen LogP contribution is -2.21. The lowest BCUT2D eigenvalue weighted by molar-refractivity contribution is 0.305. The molecule has 0 atom stereocenters. The van der Waals surface area contributed by atoms with E-state index in [0.717, 1.165) is 5.69 Å². The Hall–Kier alpha value is -2.38. The molecule has 0 fully saturated rings. The van der Waals surface area contributed by atoms with Gasteiger partial charge in [-0.1, -0.05) is 24.0 Å². The highest BCUT2D eigenvalue weighted by molar-refractivity contribution is 5.37. The van der Waals surface area contributed by atoms with Gasteiger partial charge in [0.1, 0.15) is 5.82 Å². The third kappa shape index (κ3) is 3.80. The first kappa shape index (κ1) is 15.0. The number of hydrogen-bond acceptors (Lipinski definition) is 2. The molecule has 1 aromatic heterocycles. The van der Waals surface area contributed by atoms with Crippen LogP contribution in [0.25, 0.3) is 0 Å². The van der Waals surface area contributed by atoms with Crippen molar-refractivity contribution in [2.24, 2.45) is 0 Å². The smallest absolute Gasteiger partial charge is 0.251 e. The fourth-order valence-electron chi connectivity index (χ4n) is 1.97. The number of rotatable bonds is 3. The first-order valence-electron chi connectivity index (χ1n) is 6.66. The summed E-state index contributed by atoms with van der Waals surface area (Å²) in [5, 5.41) is 8.65. The van der Waals surface area contributed by atoms with Gasteiger partial charge in [-0.2, -0.15) is 0 Å². The minimum absolute atomic E-state index is 0.0102. The number of hydrogen-bond donors (Lipinski definition) is 1. The molecule has 1 N–H and O–H groups in total. The zero-order valence-electron chi connectivity index (χ0n) is 11.8. The molecule has 0 aliphatic carbocycles. The number of aryl methyl sites for hydroxylation is 1. The van der Waals surface area contributed by atoms with Gasteiger partial charge in [0, 0.05) is 29.3 Å². The second kappa shape index (κ2) is 6.87. The fourth-order valence-corrected chi connectivity index (χ4v) is 1.97. The molecule has 2 aromatic rings. The number of aromatic nitrogens is 1. The third-order valence-electron chi connectivity index (χ3n) is 3.12. The van der Waals surface area contributed by atoms with E-state index in [9.17, 15) is 9.18 Å². The van der Waals surface area contributed by atoms with Crippen LogP contribution >= 0.6 is 0 Å². The molecular formula is C17H16FNO2. The molecule has 2 rings (SSSR count). The van der Waals surface area contributed by atoms with Crippen LogP contribution in [0, 0.1) is 24.6 Å². The lowest BCUT2D eigenvalue weighted by Gasteiger charge is -2.10. The van der Waals surface area contributed by atoms with Gasteiger partial charge in [0.25, 0.3) is 5.56 Å².